The molecule has 0 aliphatic rings. The molecule has 0 saturated heterocycles. The number of rotatable bonds is 4. The van der Waals surface area contributed by atoms with Crippen molar-refractivity contribution in [1.82, 2.24) is 0 Å². The molecule has 0 aliphatic heterocycles. The van der Waals surface area contributed by atoms with Gasteiger partial charge in [0.05, 0.1) is 6.04 Å². The van der Waals surface area contributed by atoms with E-state index >= 15 is 0 Å². The summed E-state index contributed by atoms with van der Waals surface area (Å²) in [6.07, 6.45) is 1.05. The van der Waals surface area contributed by atoms with Crippen LogP contribution in [-0.4, -0.2) is 0 Å². The van der Waals surface area contributed by atoms with Crippen LogP contribution >= 0.6 is 11.6 Å². The highest BCUT2D eigenvalue weighted by Gasteiger charge is 2.08. The summed E-state index contributed by atoms with van der Waals surface area (Å²) in [4.78, 5) is 0. The predicted molar refractivity (Wildman–Crippen MR) is 79.3 cm³/mol. The number of nitrogens with one attached hydrogen (secondary N) is 1. The summed E-state index contributed by atoms with van der Waals surface area (Å²) in [5, 5.41) is 4.30. The molecule has 2 heteroatoms. The van der Waals surface area contributed by atoms with Crippen molar-refractivity contribution in [2.24, 2.45) is 0 Å². The molecule has 1 atom stereocenters. The molecule has 18 heavy (non-hydrogen) atoms. The molecule has 0 spiro atoms. The van der Waals surface area contributed by atoms with Gasteiger partial charge in [-0.3, -0.25) is 0 Å². The van der Waals surface area contributed by atoms with Gasteiger partial charge in [0.15, 0.2) is 0 Å². The van der Waals surface area contributed by atoms with E-state index in [4.69, 9.17) is 11.6 Å². The van der Waals surface area contributed by atoms with Crippen LogP contribution in [0.4, 0.5) is 5.69 Å². The highest BCUT2D eigenvalue weighted by atomic mass is 35.5. The molecule has 1 N–H and O–H groups in total. The van der Waals surface area contributed by atoms with Crippen LogP contribution in [0.1, 0.15) is 30.5 Å². The van der Waals surface area contributed by atoms with Crippen LogP contribution < -0.4 is 5.32 Å². The van der Waals surface area contributed by atoms with Gasteiger partial charge in [-0.2, -0.15) is 0 Å². The largest absolute Gasteiger partial charge is 0.378 e. The van der Waals surface area contributed by atoms with Crippen molar-refractivity contribution in [2.45, 2.75) is 26.3 Å². The summed E-state index contributed by atoms with van der Waals surface area (Å²) >= 11 is 5.89. The molecule has 0 aromatic heterocycles. The van der Waals surface area contributed by atoms with Gasteiger partial charge in [0, 0.05) is 10.7 Å². The fraction of sp³-hybridized carbons (Fsp3) is 0.250. The zero-order valence-electron chi connectivity index (χ0n) is 10.8. The lowest BCUT2D eigenvalue weighted by Gasteiger charge is -2.19. The molecule has 0 bridgehead atoms. The highest BCUT2D eigenvalue weighted by Crippen LogP contribution is 2.23. The van der Waals surface area contributed by atoms with Crippen molar-refractivity contribution in [3.63, 3.8) is 0 Å². The first-order chi connectivity index (χ1) is 8.69. The number of aryl methyl sites for hydroxylation is 1. The van der Waals surface area contributed by atoms with Crippen molar-refractivity contribution >= 4 is 17.3 Å². The SMILES string of the molecule is CCC(Nc1ccc(Cl)cc1)c1ccc(C)cc1. The fourth-order valence-electron chi connectivity index (χ4n) is 1.97. The Morgan fingerprint density at radius 2 is 1.61 bits per heavy atom. The molecule has 0 radical (unpaired) electrons. The van der Waals surface area contributed by atoms with Gasteiger partial charge in [0.2, 0.25) is 0 Å². The molecule has 1 nitrogen and oxygen atoms in total. The Bertz CT molecular complexity index is 488. The maximum Gasteiger partial charge on any atom is 0.0511 e. The number of hydrogen-bond acceptors (Lipinski definition) is 1. The van der Waals surface area contributed by atoms with Gasteiger partial charge in [-0.15, -0.1) is 0 Å². The zero-order valence-corrected chi connectivity index (χ0v) is 11.5. The van der Waals surface area contributed by atoms with Gasteiger partial charge in [-0.1, -0.05) is 48.4 Å². The smallest absolute Gasteiger partial charge is 0.0511 e. The minimum atomic E-state index is 0.340. The van der Waals surface area contributed by atoms with Gasteiger partial charge in [-0.25, -0.2) is 0 Å². The van der Waals surface area contributed by atoms with E-state index in [-0.39, 0.29) is 0 Å². The minimum absolute atomic E-state index is 0.340. The first kappa shape index (κ1) is 13.0. The summed E-state index contributed by atoms with van der Waals surface area (Å²) in [7, 11) is 0. The molecule has 0 amide bonds. The topological polar surface area (TPSA) is 12.0 Å². The highest BCUT2D eigenvalue weighted by molar-refractivity contribution is 6.30. The first-order valence-electron chi connectivity index (χ1n) is 6.27. The van der Waals surface area contributed by atoms with Crippen molar-refractivity contribution in [3.05, 3.63) is 64.7 Å². The molecule has 94 valence electrons. The Hall–Kier alpha value is -1.47. The van der Waals surface area contributed by atoms with E-state index in [1.165, 1.54) is 11.1 Å². The normalized spacial score (nSPS) is 12.2. The Balaban J connectivity index is 2.14. The second-order valence-corrected chi connectivity index (χ2v) is 4.96. The van der Waals surface area contributed by atoms with Crippen LogP contribution in [-0.2, 0) is 0 Å². The Labute approximate surface area is 114 Å². The van der Waals surface area contributed by atoms with Crippen molar-refractivity contribution in [1.29, 1.82) is 0 Å². The maximum absolute atomic E-state index is 5.89. The molecule has 0 aliphatic carbocycles. The molecular weight excluding hydrogens is 242 g/mol. The summed E-state index contributed by atoms with van der Waals surface area (Å²) in [5.41, 5.74) is 3.71. The Morgan fingerprint density at radius 1 is 1.00 bits per heavy atom. The minimum Gasteiger partial charge on any atom is -0.378 e. The second kappa shape index (κ2) is 5.92. The molecule has 2 aromatic rings. The third kappa shape index (κ3) is 3.27. The number of hydrogen-bond donors (Lipinski definition) is 1. The standard InChI is InChI=1S/C16H18ClN/c1-3-16(13-6-4-12(2)5-7-13)18-15-10-8-14(17)9-11-15/h4-11,16,18H,3H2,1-2H3. The van der Waals surface area contributed by atoms with E-state index in [1.54, 1.807) is 0 Å². The van der Waals surface area contributed by atoms with E-state index in [2.05, 4.69) is 43.4 Å². The molecule has 1 unspecified atom stereocenters. The average molecular weight is 260 g/mol. The van der Waals surface area contributed by atoms with E-state index < -0.39 is 0 Å². The van der Waals surface area contributed by atoms with Gasteiger partial charge >= 0.3 is 0 Å². The van der Waals surface area contributed by atoms with Crippen LogP contribution in [0.5, 0.6) is 0 Å². The van der Waals surface area contributed by atoms with Crippen LogP contribution in [0.25, 0.3) is 0 Å². The average Bonchev–Trinajstić information content (AvgIpc) is 2.39. The van der Waals surface area contributed by atoms with E-state index in [0.717, 1.165) is 17.1 Å². The molecule has 2 aromatic carbocycles. The third-order valence-corrected chi connectivity index (χ3v) is 3.33. The van der Waals surface area contributed by atoms with Gasteiger partial charge in [0.1, 0.15) is 0 Å². The van der Waals surface area contributed by atoms with Crippen LogP contribution in [0.15, 0.2) is 48.5 Å². The van der Waals surface area contributed by atoms with Crippen LogP contribution in [0.3, 0.4) is 0 Å². The Morgan fingerprint density at radius 3 is 2.17 bits per heavy atom. The molecule has 0 saturated carbocycles. The van der Waals surface area contributed by atoms with Gasteiger partial charge in [-0.05, 0) is 43.2 Å². The van der Waals surface area contributed by atoms with Crippen molar-refractivity contribution in [3.8, 4) is 0 Å². The lowest BCUT2D eigenvalue weighted by atomic mass is 10.0. The predicted octanol–water partition coefficient (Wildman–Crippen LogP) is 5.21. The molecular formula is C16H18ClN. The molecule has 2 rings (SSSR count). The number of benzene rings is 2. The van der Waals surface area contributed by atoms with Crippen molar-refractivity contribution < 1.29 is 0 Å². The lowest BCUT2D eigenvalue weighted by molar-refractivity contribution is 0.749. The fourth-order valence-corrected chi connectivity index (χ4v) is 2.09. The molecule has 0 fully saturated rings. The number of halogens is 1. The van der Waals surface area contributed by atoms with Crippen LogP contribution in [0.2, 0.25) is 5.02 Å². The molecule has 0 heterocycles. The summed E-state index contributed by atoms with van der Waals surface area (Å²) in [5.74, 6) is 0. The summed E-state index contributed by atoms with van der Waals surface area (Å²) in [6.45, 7) is 4.30. The maximum atomic E-state index is 5.89. The van der Waals surface area contributed by atoms with Crippen LogP contribution in [0, 0.1) is 6.92 Å². The van der Waals surface area contributed by atoms with Gasteiger partial charge in [0.25, 0.3) is 0 Å². The number of anilines is 1. The Kier molecular flexibility index (Phi) is 4.27. The first-order valence-corrected chi connectivity index (χ1v) is 6.65. The third-order valence-electron chi connectivity index (χ3n) is 3.07. The zero-order chi connectivity index (χ0) is 13.0. The van der Waals surface area contributed by atoms with E-state index in [0.29, 0.717) is 6.04 Å². The monoisotopic (exact) mass is 259 g/mol. The van der Waals surface area contributed by atoms with Gasteiger partial charge < -0.3 is 5.32 Å². The quantitative estimate of drug-likeness (QED) is 0.795. The van der Waals surface area contributed by atoms with Crippen molar-refractivity contribution in [2.75, 3.05) is 5.32 Å². The van der Waals surface area contributed by atoms with E-state index in [1.807, 2.05) is 24.3 Å². The summed E-state index contributed by atoms with van der Waals surface area (Å²) < 4.78 is 0. The second-order valence-electron chi connectivity index (χ2n) is 4.52. The summed E-state index contributed by atoms with van der Waals surface area (Å²) in [6, 6.07) is 16.9. The lowest BCUT2D eigenvalue weighted by Crippen LogP contribution is -2.09. The van der Waals surface area contributed by atoms with E-state index in [9.17, 15) is 0 Å².